The predicted molar refractivity (Wildman–Crippen MR) is 108 cm³/mol. The number of nitriles is 1. The molecule has 1 aromatic heterocycles. The molecule has 0 N–H and O–H groups in total. The number of aromatic nitrogens is 2. The summed E-state index contributed by atoms with van der Waals surface area (Å²) in [5.74, 6) is 0.398. The molecule has 1 aliphatic carbocycles. The van der Waals surface area contributed by atoms with Crippen LogP contribution in [-0.2, 0) is 16.0 Å². The molecule has 1 amide bonds. The van der Waals surface area contributed by atoms with Gasteiger partial charge >= 0.3 is 6.09 Å². The predicted octanol–water partition coefficient (Wildman–Crippen LogP) is 3.71. The number of fused-ring (bicyclic) bond motifs is 1. The van der Waals surface area contributed by atoms with Crippen molar-refractivity contribution in [2.45, 2.75) is 57.3 Å². The number of benzene rings is 1. The zero-order valence-corrected chi connectivity index (χ0v) is 17.4. The molecule has 154 valence electrons. The maximum absolute atomic E-state index is 12.5. The minimum Gasteiger partial charge on any atom is -0.441 e. The second-order valence-corrected chi connectivity index (χ2v) is 9.05. The summed E-state index contributed by atoms with van der Waals surface area (Å²) in [6.45, 7) is 5.92. The van der Waals surface area contributed by atoms with Crippen LogP contribution in [0.1, 0.15) is 45.1 Å². The Balaban J connectivity index is 1.48. The quantitative estimate of drug-likeness (QED) is 0.770. The molecular weight excluding hydrogens is 368 g/mol. The third-order valence-electron chi connectivity index (χ3n) is 6.28. The van der Waals surface area contributed by atoms with Crippen LogP contribution < -0.4 is 0 Å². The van der Waals surface area contributed by atoms with Crippen LogP contribution >= 0.6 is 0 Å². The van der Waals surface area contributed by atoms with Gasteiger partial charge < -0.3 is 18.9 Å². The number of amides is 1. The number of methoxy groups -OCH3 is 1. The first kappa shape index (κ1) is 19.7. The number of hydrogen-bond donors (Lipinski definition) is 0. The second kappa shape index (κ2) is 7.34. The molecular formula is C22H28N4O3. The van der Waals surface area contributed by atoms with E-state index < -0.39 is 11.2 Å². The Morgan fingerprint density at radius 3 is 3.03 bits per heavy atom. The number of nitrogens with zero attached hydrogens (tertiary/aromatic N) is 4. The Labute approximate surface area is 171 Å². The van der Waals surface area contributed by atoms with Gasteiger partial charge in [-0.1, -0.05) is 0 Å². The van der Waals surface area contributed by atoms with Crippen molar-refractivity contribution in [3.63, 3.8) is 0 Å². The van der Waals surface area contributed by atoms with Gasteiger partial charge in [0.15, 0.2) is 0 Å². The highest BCUT2D eigenvalue weighted by molar-refractivity contribution is 5.77. The van der Waals surface area contributed by atoms with E-state index in [1.165, 1.54) is 0 Å². The summed E-state index contributed by atoms with van der Waals surface area (Å²) in [6.07, 6.45) is 5.50. The fourth-order valence-corrected chi connectivity index (χ4v) is 4.72. The van der Waals surface area contributed by atoms with E-state index in [4.69, 9.17) is 9.47 Å². The molecule has 4 rings (SSSR count). The summed E-state index contributed by atoms with van der Waals surface area (Å²) in [5, 5.41) is 9.19. The minimum atomic E-state index is -0.405. The number of imidazole rings is 1. The Kier molecular flexibility index (Phi) is 4.99. The van der Waals surface area contributed by atoms with Gasteiger partial charge in [0.25, 0.3) is 0 Å². The lowest BCUT2D eigenvalue weighted by Gasteiger charge is -2.36. The molecule has 2 aliphatic rings. The highest BCUT2D eigenvalue weighted by atomic mass is 16.6. The summed E-state index contributed by atoms with van der Waals surface area (Å²) in [4.78, 5) is 18.8. The number of carbonyl (C=O) groups excluding carboxylic acids is 1. The van der Waals surface area contributed by atoms with Gasteiger partial charge in [0.1, 0.15) is 5.60 Å². The van der Waals surface area contributed by atoms with Crippen LogP contribution in [0.15, 0.2) is 24.5 Å². The maximum Gasteiger partial charge on any atom is 0.410 e. The first-order valence-electron chi connectivity index (χ1n) is 10.2. The lowest BCUT2D eigenvalue weighted by molar-refractivity contribution is -0.000127. The van der Waals surface area contributed by atoms with E-state index in [-0.39, 0.29) is 6.09 Å². The Bertz CT molecular complexity index is 961. The number of rotatable bonds is 5. The molecule has 7 nitrogen and oxygen atoms in total. The van der Waals surface area contributed by atoms with Gasteiger partial charge in [-0.2, -0.15) is 5.26 Å². The van der Waals surface area contributed by atoms with E-state index in [0.29, 0.717) is 24.6 Å². The van der Waals surface area contributed by atoms with Crippen LogP contribution in [0.3, 0.4) is 0 Å². The molecule has 0 bridgehead atoms. The van der Waals surface area contributed by atoms with E-state index in [0.717, 1.165) is 43.3 Å². The summed E-state index contributed by atoms with van der Waals surface area (Å²) < 4.78 is 13.5. The lowest BCUT2D eigenvalue weighted by Crippen LogP contribution is -2.44. The lowest BCUT2D eigenvalue weighted by atomic mass is 9.78. The molecule has 2 fully saturated rings. The van der Waals surface area contributed by atoms with Gasteiger partial charge in [-0.3, -0.25) is 0 Å². The molecule has 0 radical (unpaired) electrons. The monoisotopic (exact) mass is 396 g/mol. The van der Waals surface area contributed by atoms with E-state index >= 15 is 0 Å². The number of ether oxygens (including phenoxy) is 2. The van der Waals surface area contributed by atoms with Crippen molar-refractivity contribution in [3.8, 4) is 6.07 Å². The Hall–Kier alpha value is -2.59. The van der Waals surface area contributed by atoms with Crippen molar-refractivity contribution >= 4 is 17.1 Å². The van der Waals surface area contributed by atoms with Gasteiger partial charge in [-0.15, -0.1) is 0 Å². The molecule has 2 atom stereocenters. The molecule has 1 saturated heterocycles. The first-order chi connectivity index (χ1) is 13.8. The van der Waals surface area contributed by atoms with Crippen molar-refractivity contribution in [1.82, 2.24) is 14.5 Å². The summed E-state index contributed by atoms with van der Waals surface area (Å²) in [6, 6.07) is 7.78. The number of carbonyl (C=O) groups is 1. The van der Waals surface area contributed by atoms with Gasteiger partial charge in [0.2, 0.25) is 0 Å². The zero-order valence-electron chi connectivity index (χ0n) is 17.4. The van der Waals surface area contributed by atoms with E-state index in [2.05, 4.69) is 15.6 Å². The van der Waals surface area contributed by atoms with Gasteiger partial charge in [0.05, 0.1) is 47.7 Å². The first-order valence-corrected chi connectivity index (χ1v) is 10.2. The van der Waals surface area contributed by atoms with Crippen molar-refractivity contribution in [3.05, 3.63) is 30.1 Å². The fraction of sp³-hybridized carbons (Fsp3) is 0.591. The van der Waals surface area contributed by atoms with E-state index in [9.17, 15) is 10.1 Å². The normalized spacial score (nSPS) is 24.8. The largest absolute Gasteiger partial charge is 0.441 e. The summed E-state index contributed by atoms with van der Waals surface area (Å²) in [5.41, 5.74) is 1.72. The van der Waals surface area contributed by atoms with E-state index in [1.807, 2.05) is 32.3 Å². The number of hydrogen-bond acceptors (Lipinski definition) is 5. The maximum atomic E-state index is 12.5. The molecule has 1 aromatic carbocycles. The third-order valence-corrected chi connectivity index (χ3v) is 6.28. The molecule has 2 aromatic rings. The minimum absolute atomic E-state index is 0.234. The summed E-state index contributed by atoms with van der Waals surface area (Å²) in [7, 11) is 1.67. The second-order valence-electron chi connectivity index (χ2n) is 9.05. The van der Waals surface area contributed by atoms with Crippen LogP contribution in [0.4, 0.5) is 4.79 Å². The van der Waals surface area contributed by atoms with Crippen LogP contribution in [0.2, 0.25) is 0 Å². The molecule has 2 unspecified atom stereocenters. The average molecular weight is 396 g/mol. The molecule has 7 heteroatoms. The topological polar surface area (TPSA) is 80.4 Å². The standard InChI is InChI=1S/C22H28N4O3/c1-21(2,28-3)13-26-14-22(29-20(26)27)8-4-5-17(10-22)12-25-15-24-18-7-6-16(11-23)9-19(18)25/h6-7,9,15,17H,4-5,8,10,12-14H2,1-3H3. The molecule has 1 spiro atoms. The SMILES string of the molecule is COC(C)(C)CN1CC2(CCCC(Cn3cnc4ccc(C#N)cc43)C2)OC1=O. The fourth-order valence-electron chi connectivity index (χ4n) is 4.72. The third kappa shape index (κ3) is 3.95. The van der Waals surface area contributed by atoms with Crippen molar-refractivity contribution in [2.75, 3.05) is 20.2 Å². The van der Waals surface area contributed by atoms with Crippen LogP contribution in [0.5, 0.6) is 0 Å². The van der Waals surface area contributed by atoms with Gasteiger partial charge in [0, 0.05) is 13.7 Å². The van der Waals surface area contributed by atoms with Crippen molar-refractivity contribution in [1.29, 1.82) is 5.26 Å². The highest BCUT2D eigenvalue weighted by Crippen LogP contribution is 2.41. The van der Waals surface area contributed by atoms with Crippen LogP contribution in [0, 0.1) is 17.2 Å². The zero-order chi connectivity index (χ0) is 20.6. The van der Waals surface area contributed by atoms with Gasteiger partial charge in [-0.25, -0.2) is 9.78 Å². The molecule has 1 aliphatic heterocycles. The molecule has 29 heavy (non-hydrogen) atoms. The Morgan fingerprint density at radius 2 is 2.28 bits per heavy atom. The van der Waals surface area contributed by atoms with Crippen molar-refractivity contribution < 1.29 is 14.3 Å². The smallest absolute Gasteiger partial charge is 0.410 e. The Morgan fingerprint density at radius 1 is 1.45 bits per heavy atom. The molecule has 2 heterocycles. The summed E-state index contributed by atoms with van der Waals surface area (Å²) >= 11 is 0. The average Bonchev–Trinajstić information content (AvgIpc) is 3.21. The highest BCUT2D eigenvalue weighted by Gasteiger charge is 2.48. The van der Waals surface area contributed by atoms with Crippen LogP contribution in [0.25, 0.3) is 11.0 Å². The van der Waals surface area contributed by atoms with E-state index in [1.54, 1.807) is 18.1 Å². The van der Waals surface area contributed by atoms with Gasteiger partial charge in [-0.05, 0) is 63.6 Å². The van der Waals surface area contributed by atoms with Crippen LogP contribution in [-0.4, -0.2) is 51.9 Å². The molecule has 1 saturated carbocycles. The van der Waals surface area contributed by atoms with Crippen molar-refractivity contribution in [2.24, 2.45) is 5.92 Å².